The van der Waals surface area contributed by atoms with Gasteiger partial charge in [-0.3, -0.25) is 0 Å². The van der Waals surface area contributed by atoms with E-state index in [1.165, 1.54) is 12.8 Å². The van der Waals surface area contributed by atoms with E-state index in [1.807, 2.05) is 7.11 Å². The lowest BCUT2D eigenvalue weighted by atomic mass is 9.64. The molecule has 3 nitrogen and oxygen atoms in total. The first-order valence-corrected chi connectivity index (χ1v) is 6.45. The highest BCUT2D eigenvalue weighted by Gasteiger charge is 2.48. The van der Waals surface area contributed by atoms with Crippen molar-refractivity contribution in [3.05, 3.63) is 0 Å². The molecule has 0 bridgehead atoms. The molecule has 2 aliphatic rings. The van der Waals surface area contributed by atoms with E-state index in [1.54, 1.807) is 0 Å². The van der Waals surface area contributed by atoms with E-state index >= 15 is 0 Å². The van der Waals surface area contributed by atoms with Crippen LogP contribution in [0.15, 0.2) is 0 Å². The fraction of sp³-hybridized carbons (Fsp3) is 1.00. The summed E-state index contributed by atoms with van der Waals surface area (Å²) in [5, 5.41) is 3.63. The summed E-state index contributed by atoms with van der Waals surface area (Å²) in [6, 6.07) is 0.581. The van der Waals surface area contributed by atoms with E-state index in [0.717, 1.165) is 13.0 Å². The molecule has 1 saturated heterocycles. The predicted molar refractivity (Wildman–Crippen MR) is 64.6 cm³/mol. The topological polar surface area (TPSA) is 30.5 Å². The highest BCUT2D eigenvalue weighted by molar-refractivity contribution is 5.02. The first kappa shape index (κ1) is 12.3. The van der Waals surface area contributed by atoms with Crippen LogP contribution in [0.3, 0.4) is 0 Å². The van der Waals surface area contributed by atoms with Crippen molar-refractivity contribution in [2.45, 2.75) is 64.4 Å². The number of rotatable bonds is 4. The summed E-state index contributed by atoms with van der Waals surface area (Å²) >= 11 is 0. The van der Waals surface area contributed by atoms with Crippen LogP contribution in [0.1, 0.15) is 40.0 Å². The number of nitrogens with one attached hydrogen (secondary N) is 1. The molecule has 0 amide bonds. The maximum absolute atomic E-state index is 5.81. The van der Waals surface area contributed by atoms with E-state index < -0.39 is 0 Å². The Kier molecular flexibility index (Phi) is 3.57. The van der Waals surface area contributed by atoms with Gasteiger partial charge in [-0.25, -0.2) is 0 Å². The van der Waals surface area contributed by atoms with Gasteiger partial charge in [0.05, 0.1) is 18.3 Å². The molecule has 16 heavy (non-hydrogen) atoms. The quantitative estimate of drug-likeness (QED) is 0.796. The lowest BCUT2D eigenvalue weighted by molar-refractivity contribution is -0.0999. The third-order valence-electron chi connectivity index (χ3n) is 4.37. The molecule has 0 aromatic rings. The highest BCUT2D eigenvalue weighted by atomic mass is 16.5. The molecule has 2 fully saturated rings. The van der Waals surface area contributed by atoms with Crippen LogP contribution in [0.4, 0.5) is 0 Å². The van der Waals surface area contributed by atoms with E-state index in [9.17, 15) is 0 Å². The molecule has 4 unspecified atom stereocenters. The minimum Gasteiger partial charge on any atom is -0.381 e. The Morgan fingerprint density at radius 1 is 1.38 bits per heavy atom. The van der Waals surface area contributed by atoms with Gasteiger partial charge in [-0.2, -0.15) is 0 Å². The molecule has 1 aliphatic heterocycles. The molecule has 4 atom stereocenters. The van der Waals surface area contributed by atoms with Gasteiger partial charge in [-0.05, 0) is 26.2 Å². The highest BCUT2D eigenvalue weighted by Crippen LogP contribution is 2.42. The molecule has 2 rings (SSSR count). The fourth-order valence-electron chi connectivity index (χ4n) is 2.94. The van der Waals surface area contributed by atoms with Crippen molar-refractivity contribution in [3.8, 4) is 0 Å². The maximum atomic E-state index is 5.81. The van der Waals surface area contributed by atoms with Gasteiger partial charge in [0, 0.05) is 25.1 Å². The third-order valence-corrected chi connectivity index (χ3v) is 4.37. The van der Waals surface area contributed by atoms with Gasteiger partial charge in [0.1, 0.15) is 0 Å². The van der Waals surface area contributed by atoms with Gasteiger partial charge in [0.15, 0.2) is 0 Å². The first-order valence-electron chi connectivity index (χ1n) is 6.45. The van der Waals surface area contributed by atoms with Gasteiger partial charge in [0.2, 0.25) is 0 Å². The Labute approximate surface area is 98.9 Å². The van der Waals surface area contributed by atoms with Crippen molar-refractivity contribution in [1.82, 2.24) is 5.32 Å². The Bertz CT molecular complexity index is 242. The standard InChI is InChI=1S/C13H25NO2/c1-9-5-6-10(16-9)8-14-11-7-12(15-4)13(11,2)3/h9-12,14H,5-8H2,1-4H3. The zero-order chi connectivity index (χ0) is 11.8. The fourth-order valence-corrected chi connectivity index (χ4v) is 2.94. The van der Waals surface area contributed by atoms with Gasteiger partial charge < -0.3 is 14.8 Å². The van der Waals surface area contributed by atoms with Crippen LogP contribution in [0, 0.1) is 5.41 Å². The number of ether oxygens (including phenoxy) is 2. The molecule has 1 aliphatic carbocycles. The Morgan fingerprint density at radius 3 is 2.62 bits per heavy atom. The van der Waals surface area contributed by atoms with Crippen molar-refractivity contribution in [3.63, 3.8) is 0 Å². The molecule has 0 aromatic heterocycles. The molecule has 0 aromatic carbocycles. The number of hydrogen-bond acceptors (Lipinski definition) is 3. The summed E-state index contributed by atoms with van der Waals surface area (Å²) in [7, 11) is 1.81. The van der Waals surface area contributed by atoms with Crippen LogP contribution in [0.25, 0.3) is 0 Å². The van der Waals surface area contributed by atoms with Crippen molar-refractivity contribution in [2.75, 3.05) is 13.7 Å². The van der Waals surface area contributed by atoms with Crippen molar-refractivity contribution >= 4 is 0 Å². The molecular formula is C13H25NO2. The van der Waals surface area contributed by atoms with E-state index in [-0.39, 0.29) is 5.41 Å². The SMILES string of the molecule is COC1CC(NCC2CCC(C)O2)C1(C)C. The minimum absolute atomic E-state index is 0.263. The Balaban J connectivity index is 1.72. The van der Waals surface area contributed by atoms with Crippen LogP contribution in [-0.4, -0.2) is 38.0 Å². The van der Waals surface area contributed by atoms with Crippen LogP contribution in [-0.2, 0) is 9.47 Å². The Hall–Kier alpha value is -0.120. The largest absolute Gasteiger partial charge is 0.381 e. The summed E-state index contributed by atoms with van der Waals surface area (Å²) < 4.78 is 11.3. The van der Waals surface area contributed by atoms with E-state index in [2.05, 4.69) is 26.1 Å². The normalized spacial score (nSPS) is 42.0. The zero-order valence-corrected chi connectivity index (χ0v) is 11.0. The predicted octanol–water partition coefficient (Wildman–Crippen LogP) is 1.96. The summed E-state index contributed by atoms with van der Waals surface area (Å²) in [6.45, 7) is 7.71. The minimum atomic E-state index is 0.263. The van der Waals surface area contributed by atoms with Gasteiger partial charge in [0.25, 0.3) is 0 Å². The van der Waals surface area contributed by atoms with Crippen molar-refractivity contribution in [2.24, 2.45) is 5.41 Å². The first-order chi connectivity index (χ1) is 7.54. The van der Waals surface area contributed by atoms with Crippen molar-refractivity contribution < 1.29 is 9.47 Å². The summed E-state index contributed by atoms with van der Waals surface area (Å²) in [6.07, 6.45) is 4.83. The summed E-state index contributed by atoms with van der Waals surface area (Å²) in [5.74, 6) is 0. The molecule has 94 valence electrons. The second-order valence-electron chi connectivity index (χ2n) is 5.89. The average Bonchev–Trinajstić information content (AvgIpc) is 2.63. The summed E-state index contributed by atoms with van der Waals surface area (Å²) in [5.41, 5.74) is 0.263. The summed E-state index contributed by atoms with van der Waals surface area (Å²) in [4.78, 5) is 0. The molecule has 1 saturated carbocycles. The second kappa shape index (κ2) is 4.63. The van der Waals surface area contributed by atoms with Crippen LogP contribution in [0.5, 0.6) is 0 Å². The monoisotopic (exact) mass is 227 g/mol. The number of methoxy groups -OCH3 is 1. The number of hydrogen-bond donors (Lipinski definition) is 1. The average molecular weight is 227 g/mol. The Morgan fingerprint density at radius 2 is 2.12 bits per heavy atom. The van der Waals surface area contributed by atoms with Crippen molar-refractivity contribution in [1.29, 1.82) is 0 Å². The van der Waals surface area contributed by atoms with Gasteiger partial charge >= 0.3 is 0 Å². The van der Waals surface area contributed by atoms with Gasteiger partial charge in [-0.1, -0.05) is 13.8 Å². The molecule has 0 spiro atoms. The van der Waals surface area contributed by atoms with E-state index in [0.29, 0.717) is 24.4 Å². The van der Waals surface area contributed by atoms with Crippen LogP contribution >= 0.6 is 0 Å². The second-order valence-corrected chi connectivity index (χ2v) is 5.89. The van der Waals surface area contributed by atoms with Gasteiger partial charge in [-0.15, -0.1) is 0 Å². The lowest BCUT2D eigenvalue weighted by Gasteiger charge is -2.51. The molecule has 1 heterocycles. The molecular weight excluding hydrogens is 202 g/mol. The third kappa shape index (κ3) is 2.27. The lowest BCUT2D eigenvalue weighted by Crippen LogP contribution is -2.61. The zero-order valence-electron chi connectivity index (χ0n) is 11.0. The van der Waals surface area contributed by atoms with E-state index in [4.69, 9.17) is 9.47 Å². The van der Waals surface area contributed by atoms with Crippen LogP contribution < -0.4 is 5.32 Å². The molecule has 1 N–H and O–H groups in total. The molecule has 0 radical (unpaired) electrons. The molecule has 3 heteroatoms. The maximum Gasteiger partial charge on any atom is 0.0704 e. The van der Waals surface area contributed by atoms with Crippen LogP contribution in [0.2, 0.25) is 0 Å². The smallest absolute Gasteiger partial charge is 0.0704 e.